The van der Waals surface area contributed by atoms with Crippen LogP contribution in [0.25, 0.3) is 0 Å². The van der Waals surface area contributed by atoms with Crippen LogP contribution < -0.4 is 10.6 Å². The van der Waals surface area contributed by atoms with Gasteiger partial charge < -0.3 is 10.6 Å². The highest BCUT2D eigenvalue weighted by atomic mass is 16.1. The average molecular weight is 310 g/mol. The Morgan fingerprint density at radius 3 is 2.26 bits per heavy atom. The second kappa shape index (κ2) is 8.37. The molecule has 0 radical (unpaired) electrons. The summed E-state index contributed by atoms with van der Waals surface area (Å²) in [5.41, 5.74) is 3.34. The standard InChI is InChI=1S/C20H26N2O/c1-15(2)19(22-18-7-5-4-6-8-18)14-21-20(23)13-17-11-9-16(3)10-12-17/h4-12,15,19,22H,13-14H2,1-3H3,(H,21,23). The van der Waals surface area contributed by atoms with Gasteiger partial charge in [0.2, 0.25) is 5.91 Å². The molecular formula is C20H26N2O. The maximum Gasteiger partial charge on any atom is 0.224 e. The number of carbonyl (C=O) groups is 1. The fraction of sp³-hybridized carbons (Fsp3) is 0.350. The van der Waals surface area contributed by atoms with Crippen LogP contribution in [0.3, 0.4) is 0 Å². The number of aryl methyl sites for hydroxylation is 1. The van der Waals surface area contributed by atoms with Crippen molar-refractivity contribution < 1.29 is 4.79 Å². The highest BCUT2D eigenvalue weighted by molar-refractivity contribution is 5.78. The van der Waals surface area contributed by atoms with Crippen LogP contribution in [0.5, 0.6) is 0 Å². The van der Waals surface area contributed by atoms with E-state index in [1.54, 1.807) is 0 Å². The van der Waals surface area contributed by atoms with Crippen LogP contribution in [0.1, 0.15) is 25.0 Å². The van der Waals surface area contributed by atoms with E-state index in [-0.39, 0.29) is 11.9 Å². The van der Waals surface area contributed by atoms with Crippen LogP contribution in [0.4, 0.5) is 5.69 Å². The molecule has 3 nitrogen and oxygen atoms in total. The molecule has 0 heterocycles. The summed E-state index contributed by atoms with van der Waals surface area (Å²) in [6.45, 7) is 6.99. The Labute approximate surface area is 139 Å². The quantitative estimate of drug-likeness (QED) is 0.817. The Kier molecular flexibility index (Phi) is 6.21. The first-order chi connectivity index (χ1) is 11.0. The van der Waals surface area contributed by atoms with Gasteiger partial charge in [0.05, 0.1) is 6.42 Å². The number of rotatable bonds is 7. The van der Waals surface area contributed by atoms with E-state index >= 15 is 0 Å². The third-order valence-corrected chi connectivity index (χ3v) is 3.94. The lowest BCUT2D eigenvalue weighted by atomic mass is 10.0. The Morgan fingerprint density at radius 1 is 1.00 bits per heavy atom. The molecule has 0 spiro atoms. The zero-order chi connectivity index (χ0) is 16.7. The number of amides is 1. The first kappa shape index (κ1) is 17.1. The maximum absolute atomic E-state index is 12.1. The molecule has 0 aromatic heterocycles. The van der Waals surface area contributed by atoms with Crippen molar-refractivity contribution in [3.05, 3.63) is 65.7 Å². The Morgan fingerprint density at radius 2 is 1.65 bits per heavy atom. The Hall–Kier alpha value is -2.29. The van der Waals surface area contributed by atoms with Crippen LogP contribution in [0.15, 0.2) is 54.6 Å². The Balaban J connectivity index is 1.85. The van der Waals surface area contributed by atoms with E-state index in [2.05, 4.69) is 24.5 Å². The van der Waals surface area contributed by atoms with Crippen molar-refractivity contribution in [2.45, 2.75) is 33.2 Å². The van der Waals surface area contributed by atoms with E-state index in [1.807, 2.05) is 61.5 Å². The molecule has 2 rings (SSSR count). The lowest BCUT2D eigenvalue weighted by molar-refractivity contribution is -0.120. The van der Waals surface area contributed by atoms with Gasteiger partial charge in [-0.2, -0.15) is 0 Å². The van der Waals surface area contributed by atoms with E-state index in [4.69, 9.17) is 0 Å². The summed E-state index contributed by atoms with van der Waals surface area (Å²) in [6, 6.07) is 18.4. The van der Waals surface area contributed by atoms with Crippen LogP contribution in [-0.4, -0.2) is 18.5 Å². The van der Waals surface area contributed by atoms with E-state index in [9.17, 15) is 4.79 Å². The van der Waals surface area contributed by atoms with Gasteiger partial charge in [-0.25, -0.2) is 0 Å². The zero-order valence-corrected chi connectivity index (χ0v) is 14.2. The molecule has 2 aromatic carbocycles. The molecule has 1 atom stereocenters. The molecule has 122 valence electrons. The molecule has 0 aliphatic heterocycles. The minimum Gasteiger partial charge on any atom is -0.380 e. The molecule has 0 aliphatic carbocycles. The number of para-hydroxylation sites is 1. The summed E-state index contributed by atoms with van der Waals surface area (Å²) in [7, 11) is 0. The minimum atomic E-state index is 0.0642. The largest absolute Gasteiger partial charge is 0.380 e. The Bertz CT molecular complexity index is 605. The SMILES string of the molecule is Cc1ccc(CC(=O)NCC(Nc2ccccc2)C(C)C)cc1. The summed E-state index contributed by atoms with van der Waals surface area (Å²) in [5, 5.41) is 6.54. The number of hydrogen-bond acceptors (Lipinski definition) is 2. The number of nitrogens with one attached hydrogen (secondary N) is 2. The first-order valence-electron chi connectivity index (χ1n) is 8.18. The van der Waals surface area contributed by atoms with E-state index < -0.39 is 0 Å². The minimum absolute atomic E-state index is 0.0642. The lowest BCUT2D eigenvalue weighted by Gasteiger charge is -2.24. The highest BCUT2D eigenvalue weighted by Gasteiger charge is 2.14. The van der Waals surface area contributed by atoms with Gasteiger partial charge in [-0.15, -0.1) is 0 Å². The summed E-state index contributed by atoms with van der Waals surface area (Å²) in [6.07, 6.45) is 0.427. The second-order valence-electron chi connectivity index (χ2n) is 6.33. The molecule has 0 aliphatic rings. The third kappa shape index (κ3) is 5.78. The smallest absolute Gasteiger partial charge is 0.224 e. The highest BCUT2D eigenvalue weighted by Crippen LogP contribution is 2.12. The van der Waals surface area contributed by atoms with Crippen LogP contribution in [0.2, 0.25) is 0 Å². The van der Waals surface area contributed by atoms with Crippen LogP contribution in [-0.2, 0) is 11.2 Å². The van der Waals surface area contributed by atoms with Gasteiger partial charge in [0.1, 0.15) is 0 Å². The van der Waals surface area contributed by atoms with Gasteiger partial charge in [0.25, 0.3) is 0 Å². The fourth-order valence-electron chi connectivity index (χ4n) is 2.38. The molecule has 1 amide bonds. The van der Waals surface area contributed by atoms with Gasteiger partial charge in [-0.3, -0.25) is 4.79 Å². The molecule has 0 saturated heterocycles. The molecule has 0 saturated carbocycles. The van der Waals surface area contributed by atoms with Crippen molar-refractivity contribution in [1.29, 1.82) is 0 Å². The van der Waals surface area contributed by atoms with Gasteiger partial charge >= 0.3 is 0 Å². The van der Waals surface area contributed by atoms with E-state index in [0.717, 1.165) is 11.3 Å². The van der Waals surface area contributed by atoms with Gasteiger partial charge in [-0.1, -0.05) is 61.9 Å². The average Bonchev–Trinajstić information content (AvgIpc) is 2.54. The van der Waals surface area contributed by atoms with Crippen LogP contribution >= 0.6 is 0 Å². The molecular weight excluding hydrogens is 284 g/mol. The molecule has 3 heteroatoms. The normalized spacial score (nSPS) is 12.0. The van der Waals surface area contributed by atoms with Crippen molar-refractivity contribution >= 4 is 11.6 Å². The van der Waals surface area contributed by atoms with Crippen molar-refractivity contribution in [2.75, 3.05) is 11.9 Å². The van der Waals surface area contributed by atoms with E-state index in [1.165, 1.54) is 5.56 Å². The third-order valence-electron chi connectivity index (χ3n) is 3.94. The van der Waals surface area contributed by atoms with Crippen molar-refractivity contribution in [3.8, 4) is 0 Å². The molecule has 2 aromatic rings. The van der Waals surface area contributed by atoms with Crippen LogP contribution in [0, 0.1) is 12.8 Å². The number of anilines is 1. The van der Waals surface area contributed by atoms with Crippen molar-refractivity contribution in [2.24, 2.45) is 5.92 Å². The first-order valence-corrected chi connectivity index (χ1v) is 8.18. The molecule has 0 fully saturated rings. The fourth-order valence-corrected chi connectivity index (χ4v) is 2.38. The number of hydrogen-bond donors (Lipinski definition) is 2. The second-order valence-corrected chi connectivity index (χ2v) is 6.33. The van der Waals surface area contributed by atoms with Gasteiger partial charge in [-0.05, 0) is 30.5 Å². The van der Waals surface area contributed by atoms with Gasteiger partial charge in [0.15, 0.2) is 0 Å². The van der Waals surface area contributed by atoms with Crippen molar-refractivity contribution in [1.82, 2.24) is 5.32 Å². The molecule has 2 N–H and O–H groups in total. The topological polar surface area (TPSA) is 41.1 Å². The zero-order valence-electron chi connectivity index (χ0n) is 14.2. The molecule has 23 heavy (non-hydrogen) atoms. The summed E-state index contributed by atoms with van der Waals surface area (Å²) < 4.78 is 0. The molecule has 0 bridgehead atoms. The molecule has 1 unspecified atom stereocenters. The summed E-state index contributed by atoms with van der Waals surface area (Å²) >= 11 is 0. The number of benzene rings is 2. The maximum atomic E-state index is 12.1. The predicted octanol–water partition coefficient (Wildman–Crippen LogP) is 3.79. The predicted molar refractivity (Wildman–Crippen MR) is 96.6 cm³/mol. The van der Waals surface area contributed by atoms with E-state index in [0.29, 0.717) is 18.9 Å². The van der Waals surface area contributed by atoms with Crippen molar-refractivity contribution in [3.63, 3.8) is 0 Å². The van der Waals surface area contributed by atoms with Gasteiger partial charge in [0, 0.05) is 18.3 Å². The number of carbonyl (C=O) groups excluding carboxylic acids is 1. The monoisotopic (exact) mass is 310 g/mol. The summed E-state index contributed by atoms with van der Waals surface area (Å²) in [5.74, 6) is 0.490. The lowest BCUT2D eigenvalue weighted by Crippen LogP contribution is -2.40. The summed E-state index contributed by atoms with van der Waals surface area (Å²) in [4.78, 5) is 12.1.